The largest absolute Gasteiger partial charge is 2.00 e. The molecule has 0 unspecified atom stereocenters. The molecule has 41 heavy (non-hydrogen) atoms. The van der Waals surface area contributed by atoms with E-state index in [-0.39, 0.29) is 43.1 Å². The summed E-state index contributed by atoms with van der Waals surface area (Å²) in [7, 11) is 1.57. The third-order valence-electron chi connectivity index (χ3n) is 5.50. The van der Waals surface area contributed by atoms with Crippen molar-refractivity contribution in [3.8, 4) is 0 Å². The van der Waals surface area contributed by atoms with Crippen molar-refractivity contribution in [1.29, 1.82) is 0 Å². The zero-order valence-corrected chi connectivity index (χ0v) is 23.5. The van der Waals surface area contributed by atoms with E-state index >= 15 is 0 Å². The zero-order valence-electron chi connectivity index (χ0n) is 22.4. The summed E-state index contributed by atoms with van der Waals surface area (Å²) in [6.07, 6.45) is -5.59. The van der Waals surface area contributed by atoms with Crippen LogP contribution < -0.4 is 5.32 Å². The van der Waals surface area contributed by atoms with Gasteiger partial charge in [0.1, 0.15) is 24.4 Å². The average molecular weight is 633 g/mol. The smallest absolute Gasteiger partial charge is 0.480 e. The molecule has 0 heterocycles. The number of aliphatic carboxylic acids is 4. The molecule has 1 aromatic rings. The van der Waals surface area contributed by atoms with Crippen molar-refractivity contribution in [3.63, 3.8) is 0 Å². The van der Waals surface area contributed by atoms with Crippen LogP contribution in [0.25, 0.3) is 0 Å². The SMILES string of the molecule is CNC[C@H](O)[C@@H](O)[C@H](O)[C@H](O)CO.O=C(O)CN(CCN(CC(=O)O)[C@H](Cc1ccccc1)C(=O)O)CC(=O)O.[Mn+2]. The van der Waals surface area contributed by atoms with Crippen molar-refractivity contribution in [2.75, 3.05) is 52.9 Å². The van der Waals surface area contributed by atoms with Gasteiger partial charge in [-0.25, -0.2) is 0 Å². The molecular formula is C24H39MnN3O13+2. The molecule has 17 heteroatoms. The number of likely N-dealkylation sites (N-methyl/N-ethyl adjacent to an activating group) is 1. The normalized spacial score (nSPS) is 14.5. The molecule has 0 aliphatic carbocycles. The molecular weight excluding hydrogens is 593 g/mol. The second kappa shape index (κ2) is 22.0. The number of aliphatic hydroxyl groups excluding tert-OH is 5. The van der Waals surface area contributed by atoms with E-state index in [2.05, 4.69) is 5.32 Å². The maximum absolute atomic E-state index is 11.7. The van der Waals surface area contributed by atoms with Gasteiger partial charge >= 0.3 is 40.9 Å². The first kappa shape index (κ1) is 40.4. The molecule has 1 rings (SSSR count). The average Bonchev–Trinajstić information content (AvgIpc) is 2.88. The molecule has 10 N–H and O–H groups in total. The van der Waals surface area contributed by atoms with Gasteiger partial charge in [-0.3, -0.25) is 29.0 Å². The van der Waals surface area contributed by atoms with E-state index in [9.17, 15) is 29.4 Å². The van der Waals surface area contributed by atoms with Gasteiger partial charge < -0.3 is 51.3 Å². The predicted octanol–water partition coefficient (Wildman–Crippen LogP) is -3.82. The van der Waals surface area contributed by atoms with Crippen LogP contribution in [0.1, 0.15) is 5.56 Å². The van der Waals surface area contributed by atoms with Gasteiger partial charge in [-0.2, -0.15) is 0 Å². The molecule has 0 saturated heterocycles. The minimum absolute atomic E-state index is 0. The number of carboxylic acids is 4. The number of hydrogen-bond acceptors (Lipinski definition) is 12. The van der Waals surface area contributed by atoms with Gasteiger partial charge in [0.05, 0.1) is 32.3 Å². The number of carboxylic acid groups (broad SMARTS) is 4. The van der Waals surface area contributed by atoms with E-state index in [4.69, 9.17) is 35.7 Å². The fraction of sp³-hybridized carbons (Fsp3) is 0.583. The van der Waals surface area contributed by atoms with Crippen molar-refractivity contribution in [2.24, 2.45) is 0 Å². The van der Waals surface area contributed by atoms with Gasteiger partial charge in [0, 0.05) is 19.6 Å². The summed E-state index contributed by atoms with van der Waals surface area (Å²) < 4.78 is 0. The summed E-state index contributed by atoms with van der Waals surface area (Å²) in [5.74, 6) is -4.93. The van der Waals surface area contributed by atoms with Crippen LogP contribution >= 0.6 is 0 Å². The molecule has 0 bridgehead atoms. The Kier molecular flexibility index (Phi) is 21.7. The van der Waals surface area contributed by atoms with Crippen molar-refractivity contribution < 1.29 is 82.2 Å². The number of aliphatic hydroxyl groups is 5. The third-order valence-corrected chi connectivity index (χ3v) is 5.50. The van der Waals surface area contributed by atoms with E-state index < -0.39 is 80.6 Å². The number of nitrogens with one attached hydrogen (secondary N) is 1. The third kappa shape index (κ3) is 17.7. The Balaban J connectivity index is 0. The van der Waals surface area contributed by atoms with Crippen LogP contribution in [0.5, 0.6) is 0 Å². The Labute approximate surface area is 246 Å². The first-order chi connectivity index (χ1) is 18.7. The number of rotatable bonds is 19. The Bertz CT molecular complexity index is 896. The van der Waals surface area contributed by atoms with E-state index in [1.807, 2.05) is 0 Å². The first-order valence-corrected chi connectivity index (χ1v) is 12.1. The van der Waals surface area contributed by atoms with Gasteiger partial charge in [0.15, 0.2) is 0 Å². The van der Waals surface area contributed by atoms with Crippen molar-refractivity contribution in [1.82, 2.24) is 15.1 Å². The summed E-state index contributed by atoms with van der Waals surface area (Å²) >= 11 is 0. The molecule has 0 fully saturated rings. The van der Waals surface area contributed by atoms with E-state index in [1.165, 1.54) is 4.90 Å². The quantitative estimate of drug-likeness (QED) is 0.0655. The monoisotopic (exact) mass is 632 g/mol. The van der Waals surface area contributed by atoms with Crippen molar-refractivity contribution in [2.45, 2.75) is 36.9 Å². The Morgan fingerprint density at radius 3 is 1.68 bits per heavy atom. The zero-order chi connectivity index (χ0) is 30.8. The molecule has 5 atom stereocenters. The molecule has 1 aromatic carbocycles. The molecule has 0 spiro atoms. The molecule has 233 valence electrons. The minimum Gasteiger partial charge on any atom is -0.480 e. The van der Waals surface area contributed by atoms with Crippen LogP contribution in [0, 0.1) is 0 Å². The molecule has 1 radical (unpaired) electrons. The maximum atomic E-state index is 11.7. The molecule has 0 aromatic heterocycles. The van der Waals surface area contributed by atoms with Crippen LogP contribution in [0.4, 0.5) is 0 Å². The summed E-state index contributed by atoms with van der Waals surface area (Å²) in [4.78, 5) is 46.9. The minimum atomic E-state index is -1.55. The van der Waals surface area contributed by atoms with Crippen LogP contribution in [0.15, 0.2) is 30.3 Å². The van der Waals surface area contributed by atoms with Crippen LogP contribution in [0.3, 0.4) is 0 Å². The van der Waals surface area contributed by atoms with E-state index in [0.29, 0.717) is 5.56 Å². The number of benzene rings is 1. The summed E-state index contributed by atoms with van der Waals surface area (Å²) in [5, 5.41) is 83.8. The predicted molar refractivity (Wildman–Crippen MR) is 138 cm³/mol. The van der Waals surface area contributed by atoms with E-state index in [0.717, 1.165) is 4.90 Å². The fourth-order valence-corrected chi connectivity index (χ4v) is 3.49. The van der Waals surface area contributed by atoms with Gasteiger partial charge in [0.2, 0.25) is 0 Å². The van der Waals surface area contributed by atoms with Crippen LogP contribution in [0.2, 0.25) is 0 Å². The van der Waals surface area contributed by atoms with Gasteiger partial charge in [-0.1, -0.05) is 30.3 Å². The molecule has 0 saturated carbocycles. The van der Waals surface area contributed by atoms with Crippen LogP contribution in [-0.2, 0) is 42.7 Å². The Morgan fingerprint density at radius 2 is 1.27 bits per heavy atom. The van der Waals surface area contributed by atoms with Crippen molar-refractivity contribution >= 4 is 23.9 Å². The first-order valence-electron chi connectivity index (χ1n) is 12.1. The Hall–Kier alpha value is -2.70. The van der Waals surface area contributed by atoms with Gasteiger partial charge in [-0.05, 0) is 19.0 Å². The molecule has 16 nitrogen and oxygen atoms in total. The maximum Gasteiger partial charge on any atom is 2.00 e. The van der Waals surface area contributed by atoms with Gasteiger partial charge in [-0.15, -0.1) is 0 Å². The molecule has 0 amide bonds. The fourth-order valence-electron chi connectivity index (χ4n) is 3.49. The summed E-state index contributed by atoms with van der Waals surface area (Å²) in [6, 6.07) is 7.52. The summed E-state index contributed by atoms with van der Waals surface area (Å²) in [5.41, 5.74) is 0.702. The number of nitrogens with zero attached hydrogens (tertiary/aromatic N) is 2. The van der Waals surface area contributed by atoms with E-state index in [1.54, 1.807) is 37.4 Å². The number of hydrogen-bond donors (Lipinski definition) is 10. The topological polar surface area (TPSA) is 269 Å². The Morgan fingerprint density at radius 1 is 0.780 bits per heavy atom. The molecule has 0 aliphatic rings. The number of carbonyl (C=O) groups is 4. The molecule has 0 aliphatic heterocycles. The van der Waals surface area contributed by atoms with Gasteiger partial charge in [0.25, 0.3) is 0 Å². The standard InChI is InChI=1S/C17H22N2O8.C7H17NO5.Mn/c20-14(21)9-18(10-15(22)23)6-7-19(11-16(24)25)13(17(26)27)8-12-4-2-1-3-5-12;1-8-2-4(10)6(12)7(13)5(11)3-9;/h1-5,13H,6-11H2,(H,20,21)(H,22,23)(H,24,25)(H,26,27);4-13H,2-3H2,1H3;/q;;+2/t13-;4-,5+,6+,7+;/m10./s1. The van der Waals surface area contributed by atoms with Crippen LogP contribution in [-0.4, -0.2) is 163 Å². The second-order valence-electron chi connectivity index (χ2n) is 8.76. The van der Waals surface area contributed by atoms with Crippen molar-refractivity contribution in [3.05, 3.63) is 35.9 Å². The second-order valence-corrected chi connectivity index (χ2v) is 8.76. The summed E-state index contributed by atoms with van der Waals surface area (Å²) in [6.45, 7) is -2.47.